The normalized spacial score (nSPS) is 10.3. The molecule has 0 spiro atoms. The van der Waals surface area contributed by atoms with Crippen molar-refractivity contribution in [2.24, 2.45) is 5.73 Å². The van der Waals surface area contributed by atoms with E-state index >= 15 is 0 Å². The molecular weight excluding hydrogens is 283 g/mol. The third-order valence-electron chi connectivity index (χ3n) is 2.43. The minimum atomic E-state index is -0.275. The molecule has 0 aliphatic heterocycles. The molecule has 0 aliphatic rings. The zero-order chi connectivity index (χ0) is 12.3. The van der Waals surface area contributed by atoms with E-state index in [4.69, 9.17) is 5.73 Å². The van der Waals surface area contributed by atoms with Crippen molar-refractivity contribution in [2.45, 2.75) is 6.54 Å². The third kappa shape index (κ3) is 2.84. The minimum absolute atomic E-state index is 0.275. The summed E-state index contributed by atoms with van der Waals surface area (Å²) >= 11 is 3.45. The third-order valence-corrected chi connectivity index (χ3v) is 3.12. The Morgan fingerprint density at radius 1 is 1.12 bits per heavy atom. The van der Waals surface area contributed by atoms with Crippen LogP contribution in [0.5, 0.6) is 0 Å². The number of nitrogens with two attached hydrogens (primary N) is 1. The molecule has 0 amide bonds. The molecule has 0 atom stereocenters. The average Bonchev–Trinajstić information content (AvgIpc) is 2.34. The second-order valence-corrected chi connectivity index (χ2v) is 4.46. The molecule has 2 aromatic rings. The van der Waals surface area contributed by atoms with Crippen molar-refractivity contribution in [2.75, 3.05) is 5.32 Å². The Morgan fingerprint density at radius 3 is 2.59 bits per heavy atom. The quantitative estimate of drug-likeness (QED) is 0.904. The fourth-order valence-electron chi connectivity index (χ4n) is 1.56. The van der Waals surface area contributed by atoms with Crippen molar-refractivity contribution >= 4 is 27.3 Å². The molecule has 88 valence electrons. The monoisotopic (exact) mass is 294 g/mol. The van der Waals surface area contributed by atoms with E-state index in [1.807, 2.05) is 24.3 Å². The summed E-state index contributed by atoms with van der Waals surface area (Å²) in [5.41, 5.74) is 8.09. The molecule has 2 rings (SSSR count). The fraction of sp³-hybridized carbons (Fsp3) is 0.0769. The topological polar surface area (TPSA) is 38.0 Å². The van der Waals surface area contributed by atoms with Crippen LogP contribution in [-0.2, 0) is 6.54 Å². The highest BCUT2D eigenvalue weighted by atomic mass is 79.9. The summed E-state index contributed by atoms with van der Waals surface area (Å²) in [6.45, 7) is 0.296. The lowest BCUT2D eigenvalue weighted by Gasteiger charge is -2.12. The molecule has 2 aromatic carbocycles. The Bertz CT molecular complexity index is 529. The Morgan fingerprint density at radius 2 is 1.88 bits per heavy atom. The number of rotatable bonds is 3. The maximum absolute atomic E-state index is 13.1. The lowest BCUT2D eigenvalue weighted by Crippen LogP contribution is -2.02. The second kappa shape index (κ2) is 5.29. The van der Waals surface area contributed by atoms with Crippen molar-refractivity contribution in [3.05, 3.63) is 58.3 Å². The van der Waals surface area contributed by atoms with Crippen molar-refractivity contribution in [3.63, 3.8) is 0 Å². The van der Waals surface area contributed by atoms with Gasteiger partial charge in [-0.05, 0) is 51.8 Å². The fourth-order valence-corrected chi connectivity index (χ4v) is 1.94. The van der Waals surface area contributed by atoms with Crippen LogP contribution in [0.15, 0.2) is 46.9 Å². The van der Waals surface area contributed by atoms with Crippen molar-refractivity contribution in [1.82, 2.24) is 0 Å². The summed E-state index contributed by atoms with van der Waals surface area (Å²) in [6, 6.07) is 12.3. The maximum Gasteiger partial charge on any atom is 0.123 e. The van der Waals surface area contributed by atoms with Crippen LogP contribution in [-0.4, -0.2) is 0 Å². The first-order chi connectivity index (χ1) is 8.20. The van der Waals surface area contributed by atoms with E-state index < -0.39 is 0 Å². The number of benzene rings is 2. The summed E-state index contributed by atoms with van der Waals surface area (Å²) in [6.07, 6.45) is 0. The van der Waals surface area contributed by atoms with Gasteiger partial charge < -0.3 is 11.1 Å². The number of hydrogen-bond acceptors (Lipinski definition) is 2. The molecule has 0 radical (unpaired) electrons. The predicted octanol–water partition coefficient (Wildman–Crippen LogP) is 3.79. The van der Waals surface area contributed by atoms with Crippen LogP contribution < -0.4 is 11.1 Å². The standard InChI is InChI=1S/C13H12BrFN2/c14-11-3-1-2-4-13(11)17-12-6-5-10(15)7-9(12)8-16/h1-7,17H,8,16H2. The molecule has 0 bridgehead atoms. The van der Waals surface area contributed by atoms with Gasteiger partial charge >= 0.3 is 0 Å². The average molecular weight is 295 g/mol. The molecule has 0 saturated carbocycles. The second-order valence-electron chi connectivity index (χ2n) is 3.61. The van der Waals surface area contributed by atoms with Crippen LogP contribution in [0.3, 0.4) is 0 Å². The van der Waals surface area contributed by atoms with Crippen LogP contribution in [0.1, 0.15) is 5.56 Å². The summed E-state index contributed by atoms with van der Waals surface area (Å²) in [7, 11) is 0. The highest BCUT2D eigenvalue weighted by Gasteiger charge is 2.04. The molecule has 3 N–H and O–H groups in total. The van der Waals surface area contributed by atoms with Crippen LogP contribution in [0.2, 0.25) is 0 Å². The molecular formula is C13H12BrFN2. The number of hydrogen-bond donors (Lipinski definition) is 2. The summed E-state index contributed by atoms with van der Waals surface area (Å²) in [5.74, 6) is -0.275. The molecule has 17 heavy (non-hydrogen) atoms. The summed E-state index contributed by atoms with van der Waals surface area (Å²) in [4.78, 5) is 0. The van der Waals surface area contributed by atoms with E-state index in [-0.39, 0.29) is 5.82 Å². The smallest absolute Gasteiger partial charge is 0.123 e. The largest absolute Gasteiger partial charge is 0.354 e. The molecule has 0 aromatic heterocycles. The van der Waals surface area contributed by atoms with E-state index in [9.17, 15) is 4.39 Å². The Labute approximate surface area is 108 Å². The van der Waals surface area contributed by atoms with E-state index in [2.05, 4.69) is 21.2 Å². The van der Waals surface area contributed by atoms with Crippen molar-refractivity contribution in [1.29, 1.82) is 0 Å². The lowest BCUT2D eigenvalue weighted by atomic mass is 10.1. The van der Waals surface area contributed by atoms with Crippen LogP contribution >= 0.6 is 15.9 Å². The first-order valence-electron chi connectivity index (χ1n) is 5.21. The zero-order valence-corrected chi connectivity index (χ0v) is 10.7. The number of nitrogens with one attached hydrogen (secondary N) is 1. The van der Waals surface area contributed by atoms with Gasteiger partial charge in [-0.3, -0.25) is 0 Å². The highest BCUT2D eigenvalue weighted by Crippen LogP contribution is 2.27. The van der Waals surface area contributed by atoms with Gasteiger partial charge in [0.1, 0.15) is 5.82 Å². The number of anilines is 2. The van der Waals surface area contributed by atoms with Gasteiger partial charge in [0.15, 0.2) is 0 Å². The van der Waals surface area contributed by atoms with Gasteiger partial charge in [0, 0.05) is 16.7 Å². The maximum atomic E-state index is 13.1. The van der Waals surface area contributed by atoms with Crippen molar-refractivity contribution < 1.29 is 4.39 Å². The Balaban J connectivity index is 2.33. The van der Waals surface area contributed by atoms with Gasteiger partial charge in [0.05, 0.1) is 5.69 Å². The SMILES string of the molecule is NCc1cc(F)ccc1Nc1ccccc1Br. The van der Waals surface area contributed by atoms with Gasteiger partial charge in [0.25, 0.3) is 0 Å². The Kier molecular flexibility index (Phi) is 3.76. The van der Waals surface area contributed by atoms with Crippen LogP contribution in [0.4, 0.5) is 15.8 Å². The van der Waals surface area contributed by atoms with E-state index in [1.54, 1.807) is 6.07 Å². The molecule has 2 nitrogen and oxygen atoms in total. The van der Waals surface area contributed by atoms with E-state index in [0.717, 1.165) is 21.4 Å². The zero-order valence-electron chi connectivity index (χ0n) is 9.08. The Hall–Kier alpha value is -1.39. The number of para-hydroxylation sites is 1. The molecule has 0 saturated heterocycles. The van der Waals surface area contributed by atoms with Gasteiger partial charge in [-0.25, -0.2) is 4.39 Å². The van der Waals surface area contributed by atoms with Gasteiger partial charge in [-0.1, -0.05) is 12.1 Å². The number of halogens is 2. The minimum Gasteiger partial charge on any atom is -0.354 e. The summed E-state index contributed by atoms with van der Waals surface area (Å²) < 4.78 is 14.0. The van der Waals surface area contributed by atoms with Crippen LogP contribution in [0, 0.1) is 5.82 Å². The lowest BCUT2D eigenvalue weighted by molar-refractivity contribution is 0.626. The molecule has 0 unspecified atom stereocenters. The molecule has 0 aliphatic carbocycles. The van der Waals surface area contributed by atoms with Crippen molar-refractivity contribution in [3.8, 4) is 0 Å². The van der Waals surface area contributed by atoms with E-state index in [0.29, 0.717) is 6.54 Å². The van der Waals surface area contributed by atoms with Gasteiger partial charge in [0.2, 0.25) is 0 Å². The predicted molar refractivity (Wildman–Crippen MR) is 71.7 cm³/mol. The van der Waals surface area contributed by atoms with Gasteiger partial charge in [-0.2, -0.15) is 0 Å². The van der Waals surface area contributed by atoms with Gasteiger partial charge in [-0.15, -0.1) is 0 Å². The molecule has 0 fully saturated rings. The highest BCUT2D eigenvalue weighted by molar-refractivity contribution is 9.10. The molecule has 0 heterocycles. The first-order valence-corrected chi connectivity index (χ1v) is 6.00. The first kappa shape index (κ1) is 12.1. The van der Waals surface area contributed by atoms with Crippen LogP contribution in [0.25, 0.3) is 0 Å². The van der Waals surface area contributed by atoms with E-state index in [1.165, 1.54) is 12.1 Å². The summed E-state index contributed by atoms with van der Waals surface area (Å²) in [5, 5.41) is 3.23. The molecule has 4 heteroatoms.